The second-order valence-corrected chi connectivity index (χ2v) is 5.82. The van der Waals surface area contributed by atoms with Crippen molar-refractivity contribution in [3.05, 3.63) is 42.5 Å². The quantitative estimate of drug-likeness (QED) is 0.879. The molecule has 3 rings (SSSR count). The van der Waals surface area contributed by atoms with Gasteiger partial charge in [0.1, 0.15) is 12.7 Å². The lowest BCUT2D eigenvalue weighted by Gasteiger charge is -2.17. The predicted molar refractivity (Wildman–Crippen MR) is 84.1 cm³/mol. The number of anilines is 1. The van der Waals surface area contributed by atoms with E-state index in [4.69, 9.17) is 5.73 Å². The van der Waals surface area contributed by atoms with E-state index in [1.165, 1.54) is 6.33 Å². The van der Waals surface area contributed by atoms with Gasteiger partial charge < -0.3 is 11.1 Å². The van der Waals surface area contributed by atoms with Gasteiger partial charge in [0.2, 0.25) is 5.91 Å². The molecule has 2 aromatic rings. The molecule has 0 bridgehead atoms. The lowest BCUT2D eigenvalue weighted by atomic mass is 9.95. The number of rotatable bonds is 5. The second kappa shape index (κ2) is 6.70. The Kier molecular flexibility index (Phi) is 4.48. The fourth-order valence-electron chi connectivity index (χ4n) is 3.15. The Labute approximate surface area is 129 Å². The third-order valence-electron chi connectivity index (χ3n) is 4.30. The molecule has 3 N–H and O–H groups in total. The molecule has 0 radical (unpaired) electrons. The number of nitrogens with two attached hydrogens (primary N) is 1. The van der Waals surface area contributed by atoms with Crippen molar-refractivity contribution in [1.29, 1.82) is 0 Å². The van der Waals surface area contributed by atoms with Gasteiger partial charge in [-0.25, -0.2) is 9.67 Å². The minimum Gasteiger partial charge on any atom is -0.330 e. The molecule has 116 valence electrons. The van der Waals surface area contributed by atoms with Gasteiger partial charge in [0.05, 0.1) is 6.54 Å². The van der Waals surface area contributed by atoms with Crippen molar-refractivity contribution >= 4 is 11.6 Å². The first-order valence-corrected chi connectivity index (χ1v) is 7.68. The fourth-order valence-corrected chi connectivity index (χ4v) is 3.15. The Morgan fingerprint density at radius 2 is 2.32 bits per heavy atom. The Morgan fingerprint density at radius 3 is 3.09 bits per heavy atom. The highest BCUT2D eigenvalue weighted by atomic mass is 16.1. The van der Waals surface area contributed by atoms with Crippen LogP contribution in [0.4, 0.5) is 5.69 Å². The van der Waals surface area contributed by atoms with Crippen molar-refractivity contribution in [3.8, 4) is 0 Å². The molecular weight excluding hydrogens is 278 g/mol. The standard InChI is InChI=1S/C16H21N5O/c17-8-13-4-2-6-15(13)16(22)20-14-5-1-3-12(7-14)9-21-11-18-10-19-21/h1,3,5,7,10-11,13,15H,2,4,6,8-9,17H2,(H,20,22)/t13-,15-/m1/s1. The summed E-state index contributed by atoms with van der Waals surface area (Å²) in [7, 11) is 0. The van der Waals surface area contributed by atoms with Crippen LogP contribution in [0.3, 0.4) is 0 Å². The topological polar surface area (TPSA) is 85.8 Å². The van der Waals surface area contributed by atoms with Gasteiger partial charge in [-0.3, -0.25) is 4.79 Å². The summed E-state index contributed by atoms with van der Waals surface area (Å²) in [4.78, 5) is 16.3. The molecule has 22 heavy (non-hydrogen) atoms. The van der Waals surface area contributed by atoms with E-state index in [0.717, 1.165) is 30.5 Å². The average molecular weight is 299 g/mol. The van der Waals surface area contributed by atoms with E-state index < -0.39 is 0 Å². The number of aromatic nitrogens is 3. The third kappa shape index (κ3) is 3.33. The lowest BCUT2D eigenvalue weighted by molar-refractivity contribution is -0.120. The first-order chi connectivity index (χ1) is 10.8. The molecule has 0 aliphatic heterocycles. The van der Waals surface area contributed by atoms with E-state index in [2.05, 4.69) is 15.4 Å². The Bertz CT molecular complexity index is 625. The summed E-state index contributed by atoms with van der Waals surface area (Å²) in [5.41, 5.74) is 7.66. The molecule has 0 spiro atoms. The van der Waals surface area contributed by atoms with Crippen molar-refractivity contribution < 1.29 is 4.79 Å². The van der Waals surface area contributed by atoms with Gasteiger partial charge in [0.25, 0.3) is 0 Å². The zero-order chi connectivity index (χ0) is 15.4. The number of hydrogen-bond acceptors (Lipinski definition) is 4. The van der Waals surface area contributed by atoms with Crippen LogP contribution in [-0.4, -0.2) is 27.2 Å². The molecule has 0 saturated heterocycles. The zero-order valence-electron chi connectivity index (χ0n) is 12.5. The van der Waals surface area contributed by atoms with Crippen LogP contribution in [-0.2, 0) is 11.3 Å². The maximum atomic E-state index is 12.4. The predicted octanol–water partition coefficient (Wildman–Crippen LogP) is 1.64. The van der Waals surface area contributed by atoms with Crippen LogP contribution < -0.4 is 11.1 Å². The van der Waals surface area contributed by atoms with Gasteiger partial charge in [-0.05, 0) is 43.0 Å². The number of hydrogen-bond donors (Lipinski definition) is 2. The zero-order valence-corrected chi connectivity index (χ0v) is 12.5. The highest BCUT2D eigenvalue weighted by molar-refractivity contribution is 5.93. The van der Waals surface area contributed by atoms with E-state index in [0.29, 0.717) is 19.0 Å². The Morgan fingerprint density at radius 1 is 1.41 bits per heavy atom. The van der Waals surface area contributed by atoms with E-state index in [1.54, 1.807) is 11.0 Å². The fraction of sp³-hybridized carbons (Fsp3) is 0.438. The molecule has 6 heteroatoms. The van der Waals surface area contributed by atoms with E-state index in [1.807, 2.05) is 24.3 Å². The van der Waals surface area contributed by atoms with Crippen LogP contribution in [0.15, 0.2) is 36.9 Å². The maximum absolute atomic E-state index is 12.4. The minimum absolute atomic E-state index is 0.0453. The molecule has 1 saturated carbocycles. The number of nitrogens with one attached hydrogen (secondary N) is 1. The SMILES string of the molecule is NC[C@H]1CCC[C@H]1C(=O)Nc1cccc(Cn2cncn2)c1. The summed E-state index contributed by atoms with van der Waals surface area (Å²) < 4.78 is 1.75. The van der Waals surface area contributed by atoms with Gasteiger partial charge in [-0.2, -0.15) is 5.10 Å². The maximum Gasteiger partial charge on any atom is 0.227 e. The molecule has 0 unspecified atom stereocenters. The molecule has 1 aromatic heterocycles. The second-order valence-electron chi connectivity index (χ2n) is 5.82. The summed E-state index contributed by atoms with van der Waals surface area (Å²) in [5.74, 6) is 0.452. The highest BCUT2D eigenvalue weighted by Gasteiger charge is 2.31. The molecular formula is C16H21N5O. The average Bonchev–Trinajstić information content (AvgIpc) is 3.18. The molecule has 2 atom stereocenters. The number of carbonyl (C=O) groups excluding carboxylic acids is 1. The number of benzene rings is 1. The normalized spacial score (nSPS) is 21.0. The van der Waals surface area contributed by atoms with Crippen LogP contribution >= 0.6 is 0 Å². The first-order valence-electron chi connectivity index (χ1n) is 7.68. The van der Waals surface area contributed by atoms with Crippen molar-refractivity contribution in [2.24, 2.45) is 17.6 Å². The van der Waals surface area contributed by atoms with Gasteiger partial charge in [-0.15, -0.1) is 0 Å². The summed E-state index contributed by atoms with van der Waals surface area (Å²) in [6.45, 7) is 1.23. The van der Waals surface area contributed by atoms with Crippen LogP contribution in [0.5, 0.6) is 0 Å². The summed E-state index contributed by atoms with van der Waals surface area (Å²) in [6, 6.07) is 7.84. The van der Waals surface area contributed by atoms with Crippen LogP contribution in [0, 0.1) is 11.8 Å². The van der Waals surface area contributed by atoms with E-state index in [-0.39, 0.29) is 11.8 Å². The number of carbonyl (C=O) groups is 1. The molecule has 1 aliphatic carbocycles. The van der Waals surface area contributed by atoms with E-state index in [9.17, 15) is 4.79 Å². The molecule has 1 amide bonds. The van der Waals surface area contributed by atoms with Crippen molar-refractivity contribution in [2.75, 3.05) is 11.9 Å². The Balaban J connectivity index is 1.66. The summed E-state index contributed by atoms with van der Waals surface area (Å²) in [6.07, 6.45) is 6.27. The number of nitrogens with zero attached hydrogens (tertiary/aromatic N) is 3. The monoisotopic (exact) mass is 299 g/mol. The lowest BCUT2D eigenvalue weighted by Crippen LogP contribution is -2.29. The molecule has 1 fully saturated rings. The van der Waals surface area contributed by atoms with Gasteiger partial charge in [0, 0.05) is 11.6 Å². The molecule has 6 nitrogen and oxygen atoms in total. The molecule has 1 aromatic carbocycles. The highest BCUT2D eigenvalue weighted by Crippen LogP contribution is 2.31. The van der Waals surface area contributed by atoms with Gasteiger partial charge in [0.15, 0.2) is 0 Å². The number of amides is 1. The molecule has 1 aliphatic rings. The third-order valence-corrected chi connectivity index (χ3v) is 4.30. The van der Waals surface area contributed by atoms with Crippen LogP contribution in [0.25, 0.3) is 0 Å². The van der Waals surface area contributed by atoms with Gasteiger partial charge >= 0.3 is 0 Å². The van der Waals surface area contributed by atoms with Crippen molar-refractivity contribution in [2.45, 2.75) is 25.8 Å². The molecule has 1 heterocycles. The van der Waals surface area contributed by atoms with Crippen molar-refractivity contribution in [1.82, 2.24) is 14.8 Å². The Hall–Kier alpha value is -2.21. The summed E-state index contributed by atoms with van der Waals surface area (Å²) >= 11 is 0. The first kappa shape index (κ1) is 14.7. The van der Waals surface area contributed by atoms with Crippen molar-refractivity contribution in [3.63, 3.8) is 0 Å². The summed E-state index contributed by atoms with van der Waals surface area (Å²) in [5, 5.41) is 7.12. The smallest absolute Gasteiger partial charge is 0.227 e. The van der Waals surface area contributed by atoms with E-state index >= 15 is 0 Å². The van der Waals surface area contributed by atoms with Gasteiger partial charge in [-0.1, -0.05) is 18.6 Å². The van der Waals surface area contributed by atoms with Crippen LogP contribution in [0.2, 0.25) is 0 Å². The minimum atomic E-state index is 0.0453. The largest absolute Gasteiger partial charge is 0.330 e. The van der Waals surface area contributed by atoms with Crippen LogP contribution in [0.1, 0.15) is 24.8 Å².